The summed E-state index contributed by atoms with van der Waals surface area (Å²) in [6.07, 6.45) is 6.78. The van der Waals surface area contributed by atoms with E-state index in [9.17, 15) is 4.79 Å². The van der Waals surface area contributed by atoms with Gasteiger partial charge in [0.2, 0.25) is 0 Å². The molecule has 1 saturated carbocycles. The maximum Gasteiger partial charge on any atom is 0.253 e. The van der Waals surface area contributed by atoms with Gasteiger partial charge in [-0.2, -0.15) is 10.5 Å². The zero-order chi connectivity index (χ0) is 16.7. The highest BCUT2D eigenvalue weighted by atomic mass is 35.5. The van der Waals surface area contributed by atoms with Gasteiger partial charge in [0.25, 0.3) is 5.91 Å². The quantitative estimate of drug-likeness (QED) is 0.824. The summed E-state index contributed by atoms with van der Waals surface area (Å²) in [6, 6.07) is 8.63. The Morgan fingerprint density at radius 1 is 1.22 bits per heavy atom. The molecule has 0 aromatic heterocycles. The number of hydrogen-bond acceptors (Lipinski definition) is 4. The van der Waals surface area contributed by atoms with Crippen LogP contribution >= 0.6 is 11.6 Å². The minimum atomic E-state index is -0.199. The summed E-state index contributed by atoms with van der Waals surface area (Å²) < 4.78 is 0. The largest absolute Gasteiger partial charge is 0.360 e. The van der Waals surface area contributed by atoms with Crippen LogP contribution in [0.15, 0.2) is 30.0 Å². The molecule has 5 nitrogen and oxygen atoms in total. The Bertz CT molecular complexity index is 678. The Morgan fingerprint density at radius 2 is 1.91 bits per heavy atom. The predicted molar refractivity (Wildman–Crippen MR) is 88.7 cm³/mol. The van der Waals surface area contributed by atoms with Crippen molar-refractivity contribution in [2.45, 2.75) is 38.1 Å². The van der Waals surface area contributed by atoms with Crippen LogP contribution in [0.2, 0.25) is 5.02 Å². The van der Waals surface area contributed by atoms with E-state index in [-0.39, 0.29) is 17.5 Å². The van der Waals surface area contributed by atoms with Crippen molar-refractivity contribution in [2.24, 2.45) is 0 Å². The lowest BCUT2D eigenvalue weighted by atomic mass is 9.95. The number of allylic oxidation sites excluding steroid dienone is 1. The number of carbonyl (C=O) groups excluding carboxylic acids is 1. The average Bonchev–Trinajstić information content (AvgIpc) is 2.58. The van der Waals surface area contributed by atoms with E-state index in [1.807, 2.05) is 0 Å². The standard InChI is InChI=1S/C17H17ClN4O/c18-16-7-6-14(21-11-12(9-19)10-20)8-15(16)17(23)22-13-4-2-1-3-5-13/h6-8,11,13,21H,1-5H2,(H,22,23). The van der Waals surface area contributed by atoms with E-state index >= 15 is 0 Å². The highest BCUT2D eigenvalue weighted by Crippen LogP contribution is 2.23. The summed E-state index contributed by atoms with van der Waals surface area (Å²) in [4.78, 5) is 12.4. The molecule has 23 heavy (non-hydrogen) atoms. The molecule has 0 aliphatic heterocycles. The molecule has 2 N–H and O–H groups in total. The Balaban J connectivity index is 2.10. The average molecular weight is 329 g/mol. The van der Waals surface area contributed by atoms with Crippen LogP contribution in [0.25, 0.3) is 0 Å². The van der Waals surface area contributed by atoms with Gasteiger partial charge in [-0.1, -0.05) is 30.9 Å². The van der Waals surface area contributed by atoms with Crippen molar-refractivity contribution in [1.29, 1.82) is 10.5 Å². The molecule has 0 saturated heterocycles. The molecule has 118 valence electrons. The third-order valence-corrected chi connectivity index (χ3v) is 4.11. The maximum atomic E-state index is 12.4. The number of hydrogen-bond donors (Lipinski definition) is 2. The van der Waals surface area contributed by atoms with Crippen molar-refractivity contribution >= 4 is 23.2 Å². The molecule has 1 aliphatic carbocycles. The first kappa shape index (κ1) is 16.9. The molecular weight excluding hydrogens is 312 g/mol. The monoisotopic (exact) mass is 328 g/mol. The van der Waals surface area contributed by atoms with E-state index in [0.717, 1.165) is 25.7 Å². The molecule has 1 aromatic carbocycles. The van der Waals surface area contributed by atoms with Crippen LogP contribution in [0.5, 0.6) is 0 Å². The highest BCUT2D eigenvalue weighted by Gasteiger charge is 2.18. The highest BCUT2D eigenvalue weighted by molar-refractivity contribution is 6.34. The van der Waals surface area contributed by atoms with Crippen LogP contribution in [0.4, 0.5) is 5.69 Å². The third kappa shape index (κ3) is 4.74. The maximum absolute atomic E-state index is 12.4. The number of rotatable bonds is 4. The minimum absolute atomic E-state index is 0.0480. The molecule has 2 rings (SSSR count). The molecule has 0 heterocycles. The summed E-state index contributed by atoms with van der Waals surface area (Å²) >= 11 is 6.12. The molecule has 0 spiro atoms. The summed E-state index contributed by atoms with van der Waals surface area (Å²) in [5.41, 5.74) is 0.922. The molecular formula is C17H17ClN4O. The Hall–Kier alpha value is -2.50. The Labute approximate surface area is 140 Å². The van der Waals surface area contributed by atoms with Gasteiger partial charge in [0.15, 0.2) is 0 Å². The van der Waals surface area contributed by atoms with Crippen LogP contribution in [-0.4, -0.2) is 11.9 Å². The van der Waals surface area contributed by atoms with Crippen LogP contribution < -0.4 is 10.6 Å². The van der Waals surface area contributed by atoms with Gasteiger partial charge in [-0.25, -0.2) is 0 Å². The fraction of sp³-hybridized carbons (Fsp3) is 0.353. The predicted octanol–water partition coefficient (Wildman–Crippen LogP) is 3.75. The summed E-state index contributed by atoms with van der Waals surface area (Å²) in [6.45, 7) is 0. The van der Waals surface area contributed by atoms with Crippen molar-refractivity contribution < 1.29 is 4.79 Å². The number of nitriles is 2. The zero-order valence-electron chi connectivity index (χ0n) is 12.6. The summed E-state index contributed by atoms with van der Waals surface area (Å²) in [5, 5.41) is 23.6. The SMILES string of the molecule is N#CC(C#N)=CNc1ccc(Cl)c(C(=O)NC2CCCCC2)c1. The van der Waals surface area contributed by atoms with Crippen LogP contribution in [0.3, 0.4) is 0 Å². The van der Waals surface area contributed by atoms with Crippen LogP contribution in [0.1, 0.15) is 42.5 Å². The summed E-state index contributed by atoms with van der Waals surface area (Å²) in [5.74, 6) is -0.199. The van der Waals surface area contributed by atoms with Crippen molar-refractivity contribution in [2.75, 3.05) is 5.32 Å². The smallest absolute Gasteiger partial charge is 0.253 e. The lowest BCUT2D eigenvalue weighted by molar-refractivity contribution is 0.0928. The van der Waals surface area contributed by atoms with Crippen LogP contribution in [0, 0.1) is 22.7 Å². The first-order valence-electron chi connectivity index (χ1n) is 7.51. The first-order valence-corrected chi connectivity index (χ1v) is 7.89. The Morgan fingerprint density at radius 3 is 2.57 bits per heavy atom. The van der Waals surface area contributed by atoms with Gasteiger partial charge in [0, 0.05) is 17.9 Å². The summed E-state index contributed by atoms with van der Waals surface area (Å²) in [7, 11) is 0. The lowest BCUT2D eigenvalue weighted by Crippen LogP contribution is -2.36. The molecule has 0 unspecified atom stereocenters. The zero-order valence-corrected chi connectivity index (χ0v) is 13.4. The number of nitrogens with one attached hydrogen (secondary N) is 2. The Kier molecular flexibility index (Phi) is 6.02. The van der Waals surface area contributed by atoms with Crippen molar-refractivity contribution in [3.05, 3.63) is 40.6 Å². The second kappa shape index (κ2) is 8.22. The van der Waals surface area contributed by atoms with E-state index in [2.05, 4.69) is 10.6 Å². The third-order valence-electron chi connectivity index (χ3n) is 3.78. The van der Waals surface area contributed by atoms with Crippen molar-refractivity contribution in [3.63, 3.8) is 0 Å². The van der Waals surface area contributed by atoms with Gasteiger partial charge in [0.05, 0.1) is 10.6 Å². The molecule has 1 amide bonds. The van der Waals surface area contributed by atoms with E-state index in [1.54, 1.807) is 30.3 Å². The van der Waals surface area contributed by atoms with Gasteiger partial charge in [0.1, 0.15) is 17.7 Å². The van der Waals surface area contributed by atoms with Gasteiger partial charge < -0.3 is 10.6 Å². The lowest BCUT2D eigenvalue weighted by Gasteiger charge is -2.23. The molecule has 0 bridgehead atoms. The van der Waals surface area contributed by atoms with Crippen LogP contribution in [-0.2, 0) is 0 Å². The minimum Gasteiger partial charge on any atom is -0.360 e. The number of halogens is 1. The molecule has 0 atom stereocenters. The van der Waals surface area contributed by atoms with Gasteiger partial charge in [-0.15, -0.1) is 0 Å². The van der Waals surface area contributed by atoms with Gasteiger partial charge in [-0.05, 0) is 31.0 Å². The molecule has 1 aromatic rings. The van der Waals surface area contributed by atoms with Gasteiger partial charge >= 0.3 is 0 Å². The van der Waals surface area contributed by atoms with Gasteiger partial charge in [-0.3, -0.25) is 4.79 Å². The van der Waals surface area contributed by atoms with Crippen molar-refractivity contribution in [3.8, 4) is 12.1 Å². The second-order valence-corrected chi connectivity index (χ2v) is 5.84. The number of anilines is 1. The second-order valence-electron chi connectivity index (χ2n) is 5.43. The van der Waals surface area contributed by atoms with E-state index in [1.165, 1.54) is 12.6 Å². The normalized spacial score (nSPS) is 14.2. The van der Waals surface area contributed by atoms with E-state index in [4.69, 9.17) is 22.1 Å². The number of carbonyl (C=O) groups is 1. The number of amides is 1. The van der Waals surface area contributed by atoms with E-state index in [0.29, 0.717) is 16.3 Å². The molecule has 1 fully saturated rings. The first-order chi connectivity index (χ1) is 11.1. The number of nitrogens with zero attached hydrogens (tertiary/aromatic N) is 2. The van der Waals surface area contributed by atoms with Crippen molar-refractivity contribution in [1.82, 2.24) is 5.32 Å². The fourth-order valence-corrected chi connectivity index (χ4v) is 2.75. The topological polar surface area (TPSA) is 88.7 Å². The van der Waals surface area contributed by atoms with E-state index < -0.39 is 0 Å². The number of benzene rings is 1. The molecule has 6 heteroatoms. The molecule has 1 aliphatic rings. The fourth-order valence-electron chi connectivity index (χ4n) is 2.54. The molecule has 0 radical (unpaired) electrons.